The molecule has 2 heteroatoms. The van der Waals surface area contributed by atoms with Crippen LogP contribution in [0.3, 0.4) is 0 Å². The van der Waals surface area contributed by atoms with E-state index in [9.17, 15) is 0 Å². The minimum Gasteiger partial charge on any atom is -0.495 e. The van der Waals surface area contributed by atoms with Gasteiger partial charge in [0, 0.05) is 12.8 Å². The average molecular weight is 208 g/mol. The third-order valence-corrected chi connectivity index (χ3v) is 3.18. The van der Waals surface area contributed by atoms with E-state index in [1.54, 1.807) is 0 Å². The van der Waals surface area contributed by atoms with Gasteiger partial charge < -0.3 is 9.84 Å². The quantitative estimate of drug-likeness (QED) is 0.723. The zero-order valence-corrected chi connectivity index (χ0v) is 9.24. The summed E-state index contributed by atoms with van der Waals surface area (Å²) in [6.07, 6.45) is 12.6. The molecule has 0 fully saturated rings. The molecule has 0 saturated carbocycles. The van der Waals surface area contributed by atoms with Crippen LogP contribution in [0, 0.1) is 0 Å². The van der Waals surface area contributed by atoms with Gasteiger partial charge in [-0.15, -0.1) is 0 Å². The summed E-state index contributed by atoms with van der Waals surface area (Å²) >= 11 is 0. The van der Waals surface area contributed by atoms with Gasteiger partial charge in [0.15, 0.2) is 0 Å². The molecule has 1 atom stereocenters. The highest BCUT2D eigenvalue weighted by atomic mass is 16.5. The maximum atomic E-state index is 9.08. The molecule has 0 amide bonds. The Morgan fingerprint density at radius 2 is 2.20 bits per heavy atom. The van der Waals surface area contributed by atoms with Crippen molar-refractivity contribution in [1.82, 2.24) is 0 Å². The molecule has 0 aliphatic heterocycles. The van der Waals surface area contributed by atoms with Crippen LogP contribution in [-0.2, 0) is 4.74 Å². The number of rotatable bonds is 3. The predicted octanol–water partition coefficient (Wildman–Crippen LogP) is 2.93. The van der Waals surface area contributed by atoms with E-state index >= 15 is 0 Å². The lowest BCUT2D eigenvalue weighted by molar-refractivity contribution is 0.0917. The lowest BCUT2D eigenvalue weighted by atomic mass is 9.97. The summed E-state index contributed by atoms with van der Waals surface area (Å²) in [4.78, 5) is 0. The van der Waals surface area contributed by atoms with Crippen molar-refractivity contribution in [3.05, 3.63) is 23.5 Å². The highest BCUT2D eigenvalue weighted by molar-refractivity contribution is 5.08. The minimum absolute atomic E-state index is 0.193. The molecule has 0 saturated heterocycles. The number of ether oxygens (including phenoxy) is 1. The molecule has 0 aromatic rings. The van der Waals surface area contributed by atoms with Gasteiger partial charge in [0.25, 0.3) is 0 Å². The molecule has 0 aromatic heterocycles. The summed E-state index contributed by atoms with van der Waals surface area (Å²) in [6.45, 7) is 0.193. The average Bonchev–Trinajstić information content (AvgIpc) is 2.31. The molecule has 0 aromatic carbocycles. The molecule has 2 aliphatic carbocycles. The van der Waals surface area contributed by atoms with E-state index in [0.29, 0.717) is 6.10 Å². The molecule has 0 radical (unpaired) electrons. The highest BCUT2D eigenvalue weighted by Crippen LogP contribution is 2.26. The molecule has 0 heterocycles. The maximum absolute atomic E-state index is 9.08. The molecule has 1 unspecified atom stereocenters. The summed E-state index contributed by atoms with van der Waals surface area (Å²) in [7, 11) is 0. The molecule has 0 bridgehead atoms. The van der Waals surface area contributed by atoms with Gasteiger partial charge >= 0.3 is 0 Å². The van der Waals surface area contributed by atoms with Crippen LogP contribution in [0.5, 0.6) is 0 Å². The standard InChI is InChI=1S/C13H20O2/c14-10-11-5-4-8-13(9-11)15-12-6-2-1-3-7-12/h5-6,13-14H,1-4,7-10H2. The first-order valence-corrected chi connectivity index (χ1v) is 6.03. The van der Waals surface area contributed by atoms with E-state index in [0.717, 1.165) is 31.3 Å². The number of aliphatic hydroxyl groups is 1. The third kappa shape index (κ3) is 3.10. The van der Waals surface area contributed by atoms with Crippen LogP contribution in [0.2, 0.25) is 0 Å². The molecular weight excluding hydrogens is 188 g/mol. The molecular formula is C13H20O2. The SMILES string of the molecule is OCC1=CCCC(OC2=CCCCC2)C1. The largest absolute Gasteiger partial charge is 0.495 e. The van der Waals surface area contributed by atoms with Gasteiger partial charge in [0.1, 0.15) is 6.10 Å². The fraction of sp³-hybridized carbons (Fsp3) is 0.692. The number of allylic oxidation sites excluding steroid dienone is 3. The van der Waals surface area contributed by atoms with E-state index in [1.165, 1.54) is 25.0 Å². The smallest absolute Gasteiger partial charge is 0.102 e. The second kappa shape index (κ2) is 5.36. The van der Waals surface area contributed by atoms with E-state index in [2.05, 4.69) is 12.2 Å². The Morgan fingerprint density at radius 3 is 2.93 bits per heavy atom. The fourth-order valence-corrected chi connectivity index (χ4v) is 2.31. The van der Waals surface area contributed by atoms with Crippen LogP contribution in [0.25, 0.3) is 0 Å². The lowest BCUT2D eigenvalue weighted by Gasteiger charge is -2.26. The van der Waals surface area contributed by atoms with Crippen LogP contribution in [-0.4, -0.2) is 17.8 Å². The monoisotopic (exact) mass is 208 g/mol. The number of hydrogen-bond donors (Lipinski definition) is 1. The van der Waals surface area contributed by atoms with Crippen molar-refractivity contribution in [1.29, 1.82) is 0 Å². The minimum atomic E-state index is 0.193. The van der Waals surface area contributed by atoms with Crippen molar-refractivity contribution in [3.63, 3.8) is 0 Å². The van der Waals surface area contributed by atoms with E-state index in [4.69, 9.17) is 9.84 Å². The first kappa shape index (κ1) is 10.7. The molecule has 2 rings (SSSR count). The normalized spacial score (nSPS) is 26.9. The Hall–Kier alpha value is -0.760. The van der Waals surface area contributed by atoms with Crippen molar-refractivity contribution in [2.45, 2.75) is 51.0 Å². The summed E-state index contributed by atoms with van der Waals surface area (Å²) in [5, 5.41) is 9.08. The van der Waals surface area contributed by atoms with Crippen LogP contribution < -0.4 is 0 Å². The maximum Gasteiger partial charge on any atom is 0.102 e. The first-order valence-electron chi connectivity index (χ1n) is 6.03. The third-order valence-electron chi connectivity index (χ3n) is 3.18. The Morgan fingerprint density at radius 1 is 1.27 bits per heavy atom. The molecule has 84 valence electrons. The molecule has 2 nitrogen and oxygen atoms in total. The van der Waals surface area contributed by atoms with E-state index < -0.39 is 0 Å². The van der Waals surface area contributed by atoms with Crippen molar-refractivity contribution in [3.8, 4) is 0 Å². The first-order chi connectivity index (χ1) is 7.38. The van der Waals surface area contributed by atoms with Crippen molar-refractivity contribution in [2.75, 3.05) is 6.61 Å². The molecule has 15 heavy (non-hydrogen) atoms. The lowest BCUT2D eigenvalue weighted by Crippen LogP contribution is -2.18. The van der Waals surface area contributed by atoms with Gasteiger partial charge in [0.2, 0.25) is 0 Å². The summed E-state index contributed by atoms with van der Waals surface area (Å²) in [5.74, 6) is 1.19. The van der Waals surface area contributed by atoms with Gasteiger partial charge in [-0.1, -0.05) is 6.08 Å². The Labute approximate surface area is 91.6 Å². The van der Waals surface area contributed by atoms with Gasteiger partial charge in [-0.05, 0) is 43.8 Å². The Bertz CT molecular complexity index is 266. The summed E-state index contributed by atoms with van der Waals surface area (Å²) in [6, 6.07) is 0. The summed E-state index contributed by atoms with van der Waals surface area (Å²) < 4.78 is 5.97. The molecule has 0 spiro atoms. The Balaban J connectivity index is 1.84. The topological polar surface area (TPSA) is 29.5 Å². The van der Waals surface area contributed by atoms with Crippen LogP contribution >= 0.6 is 0 Å². The zero-order valence-electron chi connectivity index (χ0n) is 9.24. The zero-order chi connectivity index (χ0) is 10.5. The fourth-order valence-electron chi connectivity index (χ4n) is 2.31. The van der Waals surface area contributed by atoms with Crippen LogP contribution in [0.1, 0.15) is 44.9 Å². The van der Waals surface area contributed by atoms with E-state index in [-0.39, 0.29) is 6.61 Å². The van der Waals surface area contributed by atoms with Gasteiger partial charge in [-0.2, -0.15) is 0 Å². The highest BCUT2D eigenvalue weighted by Gasteiger charge is 2.18. The van der Waals surface area contributed by atoms with Crippen molar-refractivity contribution < 1.29 is 9.84 Å². The number of aliphatic hydroxyl groups excluding tert-OH is 1. The van der Waals surface area contributed by atoms with Gasteiger partial charge in [0.05, 0.1) is 12.4 Å². The van der Waals surface area contributed by atoms with Gasteiger partial charge in [-0.3, -0.25) is 0 Å². The van der Waals surface area contributed by atoms with Crippen LogP contribution in [0.4, 0.5) is 0 Å². The van der Waals surface area contributed by atoms with Gasteiger partial charge in [-0.25, -0.2) is 0 Å². The number of hydrogen-bond acceptors (Lipinski definition) is 2. The predicted molar refractivity (Wildman–Crippen MR) is 60.4 cm³/mol. The molecule has 1 N–H and O–H groups in total. The van der Waals surface area contributed by atoms with Crippen molar-refractivity contribution in [2.24, 2.45) is 0 Å². The second-order valence-corrected chi connectivity index (χ2v) is 4.46. The second-order valence-electron chi connectivity index (χ2n) is 4.46. The summed E-state index contributed by atoms with van der Waals surface area (Å²) in [5.41, 5.74) is 1.14. The molecule has 2 aliphatic rings. The van der Waals surface area contributed by atoms with E-state index in [1.807, 2.05) is 0 Å². The van der Waals surface area contributed by atoms with Crippen molar-refractivity contribution >= 4 is 0 Å². The van der Waals surface area contributed by atoms with Crippen LogP contribution in [0.15, 0.2) is 23.5 Å². The Kier molecular flexibility index (Phi) is 3.84.